The number of nitrogens with zero attached hydrogens (tertiary/aromatic N) is 1. The maximum absolute atomic E-state index is 10.8. The highest BCUT2D eigenvalue weighted by atomic mass is 35.5. The average Bonchev–Trinajstić information content (AvgIpc) is 2.39. The molecule has 1 rings (SSSR count). The molecule has 0 saturated carbocycles. The second kappa shape index (κ2) is 9.15. The molecule has 0 saturated heterocycles. The van der Waals surface area contributed by atoms with Crippen molar-refractivity contribution >= 4 is 42.0 Å². The molecule has 1 aromatic rings. The number of nitro groups is 1. The van der Waals surface area contributed by atoms with Crippen LogP contribution in [0.15, 0.2) is 12.1 Å². The van der Waals surface area contributed by atoms with E-state index in [0.717, 1.165) is 6.07 Å². The number of carboxylic acids is 1. The lowest BCUT2D eigenvalue weighted by Gasteiger charge is -2.08. The third-order valence-corrected chi connectivity index (χ3v) is 2.74. The van der Waals surface area contributed by atoms with Gasteiger partial charge < -0.3 is 9.84 Å². The highest BCUT2D eigenvalue weighted by Crippen LogP contribution is 2.31. The molecule has 0 atom stereocenters. The standard InChI is InChI=1S/C12H12ClNO6.ClH/c13-9-6-10(14(18)19)8(7-15)5-11(9)20-4-2-1-3-12(16)17;/h5-7H,1-4H2,(H,16,17);1H. The molecule has 9 heteroatoms. The monoisotopic (exact) mass is 337 g/mol. The van der Waals surface area contributed by atoms with Gasteiger partial charge in [-0.3, -0.25) is 19.7 Å². The maximum Gasteiger partial charge on any atom is 0.303 e. The van der Waals surface area contributed by atoms with Crippen molar-refractivity contribution in [2.24, 2.45) is 0 Å². The number of carboxylic acid groups (broad SMARTS) is 1. The summed E-state index contributed by atoms with van der Waals surface area (Å²) < 4.78 is 5.29. The number of rotatable bonds is 8. The van der Waals surface area contributed by atoms with E-state index in [0.29, 0.717) is 19.1 Å². The molecule has 0 fully saturated rings. The number of carbonyl (C=O) groups excluding carboxylic acids is 1. The molecule has 0 aromatic heterocycles. The minimum absolute atomic E-state index is 0. The Kier molecular flexibility index (Phi) is 8.34. The highest BCUT2D eigenvalue weighted by Gasteiger charge is 2.17. The fraction of sp³-hybridized carbons (Fsp3) is 0.333. The zero-order valence-corrected chi connectivity index (χ0v) is 12.4. The number of halogens is 2. The SMILES string of the molecule is Cl.O=Cc1cc(OCCCCC(=O)O)c(Cl)cc1[N+](=O)[O-]. The van der Waals surface area contributed by atoms with Crippen molar-refractivity contribution in [3.63, 3.8) is 0 Å². The van der Waals surface area contributed by atoms with Crippen molar-refractivity contribution in [1.29, 1.82) is 0 Å². The fourth-order valence-electron chi connectivity index (χ4n) is 1.48. The van der Waals surface area contributed by atoms with Gasteiger partial charge in [-0.15, -0.1) is 12.4 Å². The summed E-state index contributed by atoms with van der Waals surface area (Å²) in [6.07, 6.45) is 1.33. The minimum atomic E-state index is -0.887. The van der Waals surface area contributed by atoms with Gasteiger partial charge in [0.05, 0.1) is 22.1 Å². The summed E-state index contributed by atoms with van der Waals surface area (Å²) in [4.78, 5) is 31.1. The largest absolute Gasteiger partial charge is 0.492 e. The van der Waals surface area contributed by atoms with Crippen LogP contribution in [-0.2, 0) is 4.79 Å². The first-order valence-electron chi connectivity index (χ1n) is 5.73. The summed E-state index contributed by atoms with van der Waals surface area (Å²) in [5.74, 6) is -0.726. The average molecular weight is 338 g/mol. The quantitative estimate of drug-likeness (QED) is 0.338. The molecular formula is C12H13Cl2NO6. The van der Waals surface area contributed by atoms with Crippen molar-refractivity contribution in [3.8, 4) is 5.75 Å². The number of benzene rings is 1. The molecule has 0 amide bonds. The molecular weight excluding hydrogens is 325 g/mol. The summed E-state index contributed by atoms with van der Waals surface area (Å²) in [5.41, 5.74) is -0.511. The highest BCUT2D eigenvalue weighted by molar-refractivity contribution is 6.32. The minimum Gasteiger partial charge on any atom is -0.492 e. The Morgan fingerprint density at radius 1 is 1.43 bits per heavy atom. The first-order valence-corrected chi connectivity index (χ1v) is 6.11. The summed E-state index contributed by atoms with van der Waals surface area (Å²) in [7, 11) is 0. The van der Waals surface area contributed by atoms with Gasteiger partial charge in [0.25, 0.3) is 5.69 Å². The van der Waals surface area contributed by atoms with Crippen LogP contribution in [0, 0.1) is 10.1 Å². The molecule has 1 aromatic carbocycles. The number of hydrogen-bond donors (Lipinski definition) is 1. The normalized spacial score (nSPS) is 9.57. The second-order valence-corrected chi connectivity index (χ2v) is 4.32. The van der Waals surface area contributed by atoms with Crippen LogP contribution < -0.4 is 4.74 Å². The van der Waals surface area contributed by atoms with Crippen LogP contribution in [0.1, 0.15) is 29.6 Å². The molecule has 0 aliphatic carbocycles. The zero-order valence-electron chi connectivity index (χ0n) is 10.8. The number of aliphatic carboxylic acids is 1. The van der Waals surface area contributed by atoms with Crippen LogP contribution in [0.4, 0.5) is 5.69 Å². The summed E-state index contributed by atoms with van der Waals surface area (Å²) in [6, 6.07) is 2.25. The van der Waals surface area contributed by atoms with Gasteiger partial charge >= 0.3 is 5.97 Å². The molecule has 0 aliphatic rings. The van der Waals surface area contributed by atoms with E-state index in [1.54, 1.807) is 0 Å². The Bertz CT molecular complexity index is 535. The van der Waals surface area contributed by atoms with Gasteiger partial charge in [0, 0.05) is 12.5 Å². The lowest BCUT2D eigenvalue weighted by molar-refractivity contribution is -0.385. The van der Waals surface area contributed by atoms with Gasteiger partial charge in [0.15, 0.2) is 6.29 Å². The topological polar surface area (TPSA) is 107 Å². The van der Waals surface area contributed by atoms with Crippen molar-refractivity contribution in [2.75, 3.05) is 6.61 Å². The molecule has 116 valence electrons. The van der Waals surface area contributed by atoms with Crippen LogP contribution in [0.25, 0.3) is 0 Å². The lowest BCUT2D eigenvalue weighted by atomic mass is 10.2. The van der Waals surface area contributed by atoms with Crippen molar-refractivity contribution in [2.45, 2.75) is 19.3 Å². The summed E-state index contributed by atoms with van der Waals surface area (Å²) in [6.45, 7) is 0.211. The molecule has 0 radical (unpaired) electrons. The predicted octanol–water partition coefficient (Wildman–Crippen LogP) is 3.12. The van der Waals surface area contributed by atoms with Crippen LogP contribution in [0.2, 0.25) is 5.02 Å². The first-order chi connectivity index (χ1) is 9.45. The zero-order chi connectivity index (χ0) is 15.1. The van der Waals surface area contributed by atoms with E-state index in [2.05, 4.69) is 0 Å². The van der Waals surface area contributed by atoms with Crippen molar-refractivity contribution in [3.05, 3.63) is 32.8 Å². The van der Waals surface area contributed by atoms with Gasteiger partial charge in [0.1, 0.15) is 5.75 Å². The van der Waals surface area contributed by atoms with Gasteiger partial charge in [0.2, 0.25) is 0 Å². The molecule has 0 spiro atoms. The van der Waals surface area contributed by atoms with Crippen LogP contribution in [0.3, 0.4) is 0 Å². The van der Waals surface area contributed by atoms with Crippen LogP contribution in [0.5, 0.6) is 5.75 Å². The van der Waals surface area contributed by atoms with Gasteiger partial charge in [-0.1, -0.05) is 11.6 Å². The number of ether oxygens (including phenoxy) is 1. The van der Waals surface area contributed by atoms with E-state index in [-0.39, 0.29) is 47.5 Å². The number of hydrogen-bond acceptors (Lipinski definition) is 5. The third-order valence-electron chi connectivity index (χ3n) is 2.45. The molecule has 7 nitrogen and oxygen atoms in total. The van der Waals surface area contributed by atoms with E-state index in [9.17, 15) is 19.7 Å². The Labute approximate surface area is 131 Å². The molecule has 0 bridgehead atoms. The number of carbonyl (C=O) groups is 2. The smallest absolute Gasteiger partial charge is 0.303 e. The Balaban J connectivity index is 0.00000400. The van der Waals surface area contributed by atoms with Crippen molar-refractivity contribution in [1.82, 2.24) is 0 Å². The second-order valence-electron chi connectivity index (χ2n) is 3.92. The Morgan fingerprint density at radius 2 is 2.10 bits per heavy atom. The van der Waals surface area contributed by atoms with E-state index >= 15 is 0 Å². The molecule has 21 heavy (non-hydrogen) atoms. The van der Waals surface area contributed by atoms with E-state index in [1.807, 2.05) is 0 Å². The van der Waals surface area contributed by atoms with Gasteiger partial charge in [-0.05, 0) is 18.9 Å². The fourth-order valence-corrected chi connectivity index (χ4v) is 1.69. The predicted molar refractivity (Wildman–Crippen MR) is 77.7 cm³/mol. The molecule has 0 heterocycles. The molecule has 1 N–H and O–H groups in total. The number of unbranched alkanes of at least 4 members (excludes halogenated alkanes) is 1. The van der Waals surface area contributed by atoms with Crippen LogP contribution in [-0.4, -0.2) is 28.9 Å². The molecule has 0 aliphatic heterocycles. The number of aldehydes is 1. The van der Waals surface area contributed by atoms with Gasteiger partial charge in [-0.25, -0.2) is 0 Å². The van der Waals surface area contributed by atoms with Crippen LogP contribution >= 0.6 is 24.0 Å². The van der Waals surface area contributed by atoms with E-state index in [4.69, 9.17) is 21.4 Å². The lowest BCUT2D eigenvalue weighted by Crippen LogP contribution is -2.02. The molecule has 0 unspecified atom stereocenters. The maximum atomic E-state index is 10.8. The van der Waals surface area contributed by atoms with Crippen molar-refractivity contribution < 1.29 is 24.4 Å². The van der Waals surface area contributed by atoms with E-state index < -0.39 is 10.9 Å². The third kappa shape index (κ3) is 5.97. The number of nitro benzene ring substituents is 1. The Morgan fingerprint density at radius 3 is 2.62 bits per heavy atom. The van der Waals surface area contributed by atoms with E-state index in [1.165, 1.54) is 6.07 Å². The first kappa shape index (κ1) is 19.1. The van der Waals surface area contributed by atoms with Gasteiger partial charge in [-0.2, -0.15) is 0 Å². The Hall–Kier alpha value is -1.86. The summed E-state index contributed by atoms with van der Waals surface area (Å²) in [5, 5.41) is 19.2. The summed E-state index contributed by atoms with van der Waals surface area (Å²) >= 11 is 5.83.